The van der Waals surface area contributed by atoms with Crippen molar-refractivity contribution in [3.05, 3.63) is 28.3 Å². The molecule has 20 heavy (non-hydrogen) atoms. The first-order valence-corrected chi connectivity index (χ1v) is 7.38. The van der Waals surface area contributed by atoms with Crippen molar-refractivity contribution in [3.63, 3.8) is 0 Å². The molecule has 1 atom stereocenters. The van der Waals surface area contributed by atoms with Crippen LogP contribution < -0.4 is 10.6 Å². The molecule has 1 fully saturated rings. The number of nitrogens with zero attached hydrogens (tertiary/aromatic N) is 1. The number of non-ortho nitro benzene ring substituents is 1. The first-order valence-electron chi connectivity index (χ1n) is 7.38. The van der Waals surface area contributed by atoms with Gasteiger partial charge in [0.2, 0.25) is 0 Å². The molecule has 0 aromatic heterocycles. The van der Waals surface area contributed by atoms with E-state index in [0.717, 1.165) is 36.7 Å². The first kappa shape index (κ1) is 14.6. The average molecular weight is 277 g/mol. The molecule has 1 aromatic rings. The Kier molecular flexibility index (Phi) is 4.82. The number of hydrogen-bond donors (Lipinski definition) is 2. The van der Waals surface area contributed by atoms with Gasteiger partial charge in [-0.05, 0) is 31.7 Å². The molecule has 0 amide bonds. The summed E-state index contributed by atoms with van der Waals surface area (Å²) < 4.78 is 0. The summed E-state index contributed by atoms with van der Waals surface area (Å²) in [5, 5.41) is 17.6. The number of benzene rings is 1. The van der Waals surface area contributed by atoms with Crippen molar-refractivity contribution in [2.24, 2.45) is 5.92 Å². The molecule has 2 rings (SSSR count). The number of rotatable bonds is 8. The highest BCUT2D eigenvalue weighted by molar-refractivity contribution is 5.63. The summed E-state index contributed by atoms with van der Waals surface area (Å²) in [6.07, 6.45) is 4.78. The van der Waals surface area contributed by atoms with Crippen molar-refractivity contribution < 1.29 is 4.92 Å². The Balaban J connectivity index is 2.08. The molecule has 0 heterocycles. The molecule has 110 valence electrons. The molecule has 1 aliphatic rings. The van der Waals surface area contributed by atoms with Gasteiger partial charge in [0.15, 0.2) is 0 Å². The predicted molar refractivity (Wildman–Crippen MR) is 82.3 cm³/mol. The normalized spacial score (nSPS) is 15.7. The molecule has 5 heteroatoms. The zero-order valence-electron chi connectivity index (χ0n) is 12.2. The van der Waals surface area contributed by atoms with Gasteiger partial charge < -0.3 is 10.6 Å². The van der Waals surface area contributed by atoms with Gasteiger partial charge in [0.05, 0.1) is 4.92 Å². The molecule has 2 N–H and O–H groups in total. The number of nitro groups is 1. The van der Waals surface area contributed by atoms with Crippen LogP contribution in [0.25, 0.3) is 0 Å². The van der Waals surface area contributed by atoms with Crippen molar-refractivity contribution in [3.8, 4) is 0 Å². The summed E-state index contributed by atoms with van der Waals surface area (Å²) in [5.74, 6) is 0.842. The first-order chi connectivity index (χ1) is 9.58. The zero-order valence-corrected chi connectivity index (χ0v) is 12.2. The molecule has 0 radical (unpaired) electrons. The second kappa shape index (κ2) is 6.59. The van der Waals surface area contributed by atoms with Crippen LogP contribution in [0.15, 0.2) is 18.2 Å². The van der Waals surface area contributed by atoms with Gasteiger partial charge in [-0.2, -0.15) is 0 Å². The lowest BCUT2D eigenvalue weighted by Gasteiger charge is -2.16. The number of nitrogens with one attached hydrogen (secondary N) is 2. The molecule has 0 bridgehead atoms. The van der Waals surface area contributed by atoms with E-state index in [1.165, 1.54) is 12.8 Å². The van der Waals surface area contributed by atoms with Crippen LogP contribution in [-0.2, 0) is 0 Å². The Morgan fingerprint density at radius 1 is 1.35 bits per heavy atom. The van der Waals surface area contributed by atoms with Crippen molar-refractivity contribution in [1.29, 1.82) is 0 Å². The fourth-order valence-electron chi connectivity index (χ4n) is 2.37. The third kappa shape index (κ3) is 4.40. The smallest absolute Gasteiger partial charge is 0.273 e. The standard InChI is InChI=1S/C15H23N3O2/c1-3-6-16-13-8-14(10-15(9-13)18(19)20)17-11(2)7-12-4-5-12/h8-12,16-17H,3-7H2,1-2H3. The fourth-order valence-corrected chi connectivity index (χ4v) is 2.37. The van der Waals surface area contributed by atoms with Crippen molar-refractivity contribution >= 4 is 17.1 Å². The fraction of sp³-hybridized carbons (Fsp3) is 0.600. The monoisotopic (exact) mass is 277 g/mol. The van der Waals surface area contributed by atoms with Crippen LogP contribution in [0.3, 0.4) is 0 Å². The summed E-state index contributed by atoms with van der Waals surface area (Å²) in [6.45, 7) is 5.02. The molecular formula is C15H23N3O2. The van der Waals surface area contributed by atoms with Crippen LogP contribution >= 0.6 is 0 Å². The lowest BCUT2D eigenvalue weighted by atomic mass is 10.1. The summed E-state index contributed by atoms with van der Waals surface area (Å²) in [4.78, 5) is 10.7. The second-order valence-electron chi connectivity index (χ2n) is 5.68. The highest BCUT2D eigenvalue weighted by atomic mass is 16.6. The number of anilines is 2. The maximum Gasteiger partial charge on any atom is 0.273 e. The predicted octanol–water partition coefficient (Wildman–Crippen LogP) is 4.02. The van der Waals surface area contributed by atoms with Crippen LogP contribution in [0, 0.1) is 16.0 Å². The summed E-state index contributed by atoms with van der Waals surface area (Å²) in [7, 11) is 0. The lowest BCUT2D eigenvalue weighted by Crippen LogP contribution is -2.16. The van der Waals surface area contributed by atoms with Crippen LogP contribution in [0.4, 0.5) is 17.1 Å². The average Bonchev–Trinajstić information content (AvgIpc) is 3.19. The summed E-state index contributed by atoms with van der Waals surface area (Å²) in [5.41, 5.74) is 1.76. The Labute approximate surface area is 119 Å². The van der Waals surface area contributed by atoms with Gasteiger partial charge in [-0.1, -0.05) is 19.8 Å². The van der Waals surface area contributed by atoms with Crippen LogP contribution in [0.5, 0.6) is 0 Å². The minimum atomic E-state index is -0.339. The molecule has 0 saturated heterocycles. The minimum Gasteiger partial charge on any atom is -0.385 e. The highest BCUT2D eigenvalue weighted by Gasteiger charge is 2.23. The van der Waals surface area contributed by atoms with E-state index < -0.39 is 0 Å². The largest absolute Gasteiger partial charge is 0.385 e. The molecule has 1 unspecified atom stereocenters. The van der Waals surface area contributed by atoms with Gasteiger partial charge in [-0.15, -0.1) is 0 Å². The molecule has 0 aliphatic heterocycles. The minimum absolute atomic E-state index is 0.132. The van der Waals surface area contributed by atoms with Gasteiger partial charge in [-0.3, -0.25) is 10.1 Å². The van der Waals surface area contributed by atoms with Gasteiger partial charge in [0, 0.05) is 36.1 Å². The molecule has 5 nitrogen and oxygen atoms in total. The molecular weight excluding hydrogens is 254 g/mol. The van der Waals surface area contributed by atoms with Gasteiger partial charge >= 0.3 is 0 Å². The van der Waals surface area contributed by atoms with Gasteiger partial charge in [0.1, 0.15) is 0 Å². The van der Waals surface area contributed by atoms with Gasteiger partial charge in [-0.25, -0.2) is 0 Å². The molecule has 0 spiro atoms. The van der Waals surface area contributed by atoms with E-state index >= 15 is 0 Å². The Morgan fingerprint density at radius 2 is 2.05 bits per heavy atom. The van der Waals surface area contributed by atoms with E-state index in [9.17, 15) is 10.1 Å². The van der Waals surface area contributed by atoms with Crippen LogP contribution in [-0.4, -0.2) is 17.5 Å². The molecule has 1 aliphatic carbocycles. The highest BCUT2D eigenvalue weighted by Crippen LogP contribution is 2.34. The second-order valence-corrected chi connectivity index (χ2v) is 5.68. The van der Waals surface area contributed by atoms with E-state index in [4.69, 9.17) is 0 Å². The number of hydrogen-bond acceptors (Lipinski definition) is 4. The summed E-state index contributed by atoms with van der Waals surface area (Å²) in [6, 6.07) is 5.50. The quantitative estimate of drug-likeness (QED) is 0.556. The van der Waals surface area contributed by atoms with E-state index in [1.807, 2.05) is 6.07 Å². The lowest BCUT2D eigenvalue weighted by molar-refractivity contribution is -0.384. The molecule has 1 saturated carbocycles. The third-order valence-corrected chi connectivity index (χ3v) is 3.50. The summed E-state index contributed by atoms with van der Waals surface area (Å²) >= 11 is 0. The Hall–Kier alpha value is -1.78. The van der Waals surface area contributed by atoms with E-state index in [1.54, 1.807) is 12.1 Å². The van der Waals surface area contributed by atoms with Crippen LogP contribution in [0.2, 0.25) is 0 Å². The topological polar surface area (TPSA) is 67.2 Å². The van der Waals surface area contributed by atoms with E-state index in [0.29, 0.717) is 6.04 Å². The van der Waals surface area contributed by atoms with E-state index in [2.05, 4.69) is 24.5 Å². The van der Waals surface area contributed by atoms with Gasteiger partial charge in [0.25, 0.3) is 5.69 Å². The Bertz CT molecular complexity index is 472. The van der Waals surface area contributed by atoms with Crippen LogP contribution in [0.1, 0.15) is 39.5 Å². The Morgan fingerprint density at radius 3 is 2.65 bits per heavy atom. The molecule has 1 aromatic carbocycles. The maximum absolute atomic E-state index is 11.0. The SMILES string of the molecule is CCCNc1cc(NC(C)CC2CC2)cc([N+](=O)[O-])c1. The van der Waals surface area contributed by atoms with Crippen molar-refractivity contribution in [1.82, 2.24) is 0 Å². The van der Waals surface area contributed by atoms with Crippen molar-refractivity contribution in [2.75, 3.05) is 17.2 Å². The zero-order chi connectivity index (χ0) is 14.5. The van der Waals surface area contributed by atoms with E-state index in [-0.39, 0.29) is 10.6 Å². The third-order valence-electron chi connectivity index (χ3n) is 3.50. The van der Waals surface area contributed by atoms with Crippen molar-refractivity contribution in [2.45, 2.75) is 45.6 Å². The maximum atomic E-state index is 11.0. The number of nitro benzene ring substituents is 1.